The fraction of sp³-hybridized carbons (Fsp3) is 0.842. The van der Waals surface area contributed by atoms with E-state index in [1.807, 2.05) is 27.7 Å². The molecule has 3 saturated heterocycles. The number of hydrogen-bond acceptors (Lipinski definition) is 5. The lowest BCUT2D eigenvalue weighted by Gasteiger charge is -2.43. The van der Waals surface area contributed by atoms with Crippen LogP contribution >= 0.6 is 0 Å². The van der Waals surface area contributed by atoms with Crippen LogP contribution in [0, 0.1) is 0 Å². The van der Waals surface area contributed by atoms with Crippen LogP contribution in [-0.4, -0.2) is 77.7 Å². The van der Waals surface area contributed by atoms with Gasteiger partial charge in [0.05, 0.1) is 13.1 Å². The monoisotopic (exact) mass is 381 g/mol. The number of hydrogen-bond donors (Lipinski definition) is 2. The molecule has 0 aromatic carbocycles. The van der Waals surface area contributed by atoms with E-state index in [1.165, 1.54) is 4.90 Å². The van der Waals surface area contributed by atoms with E-state index >= 15 is 0 Å². The third-order valence-electron chi connectivity index (χ3n) is 5.85. The molecule has 8 nitrogen and oxygen atoms in total. The minimum absolute atomic E-state index is 0.0866. The number of alkyl carbamates (subject to hydrolysis) is 2. The summed E-state index contributed by atoms with van der Waals surface area (Å²) in [6.45, 7) is 10.9. The molecule has 3 aliphatic rings. The summed E-state index contributed by atoms with van der Waals surface area (Å²) < 4.78 is 5.50. The highest BCUT2D eigenvalue weighted by Gasteiger charge is 2.53. The highest BCUT2D eigenvalue weighted by Crippen LogP contribution is 2.30. The van der Waals surface area contributed by atoms with Gasteiger partial charge >= 0.3 is 12.1 Å². The summed E-state index contributed by atoms with van der Waals surface area (Å²) >= 11 is 0. The van der Waals surface area contributed by atoms with Crippen LogP contribution in [0.25, 0.3) is 0 Å². The van der Waals surface area contributed by atoms with E-state index in [1.54, 1.807) is 0 Å². The van der Waals surface area contributed by atoms with Crippen molar-refractivity contribution >= 4 is 18.0 Å². The van der Waals surface area contributed by atoms with Crippen molar-refractivity contribution in [1.82, 2.24) is 15.1 Å². The van der Waals surface area contributed by atoms with Crippen LogP contribution in [0.3, 0.4) is 0 Å². The molecule has 3 fully saturated rings. The van der Waals surface area contributed by atoms with Crippen molar-refractivity contribution in [3.05, 3.63) is 0 Å². The maximum absolute atomic E-state index is 12.8. The van der Waals surface area contributed by atoms with Gasteiger partial charge in [-0.2, -0.15) is 4.79 Å². The van der Waals surface area contributed by atoms with Crippen molar-refractivity contribution in [2.75, 3.05) is 32.7 Å². The first kappa shape index (κ1) is 20.1. The topological polar surface area (TPSA) is 83.4 Å². The molecular formula is C19H33N4O4+. The van der Waals surface area contributed by atoms with Crippen LogP contribution in [0.4, 0.5) is 9.59 Å². The van der Waals surface area contributed by atoms with Crippen molar-refractivity contribution < 1.29 is 24.0 Å². The standard InChI is InChI=1S/C19H32N4O4/c1-5-23-15(24)19(20-16(23)25)9-6-10-22(13-19)14-7-11-21(12-8-14)17(26)27-18(2,3)4/h14H,5-13H2,1-4H3,(H,20,25)/p+1. The van der Waals surface area contributed by atoms with E-state index in [-0.39, 0.29) is 18.0 Å². The lowest BCUT2D eigenvalue weighted by Crippen LogP contribution is -3.16. The Morgan fingerprint density at radius 1 is 1.30 bits per heavy atom. The van der Waals surface area contributed by atoms with Gasteiger partial charge < -0.3 is 10.1 Å². The smallest absolute Gasteiger partial charge is 0.414 e. The Morgan fingerprint density at radius 3 is 2.52 bits per heavy atom. The van der Waals surface area contributed by atoms with Crippen molar-refractivity contribution in [3.63, 3.8) is 0 Å². The molecule has 3 heterocycles. The Labute approximate surface area is 161 Å². The molecular weight excluding hydrogens is 348 g/mol. The Bertz CT molecular complexity index is 609. The van der Waals surface area contributed by atoms with Crippen molar-refractivity contribution in [3.8, 4) is 0 Å². The molecule has 0 saturated carbocycles. The number of carbonyl (C=O) groups is 3. The number of rotatable bonds is 2. The van der Waals surface area contributed by atoms with E-state index in [0.29, 0.717) is 25.6 Å². The molecule has 8 heteroatoms. The molecule has 4 amide bonds. The maximum atomic E-state index is 12.8. The Morgan fingerprint density at radius 2 is 1.96 bits per heavy atom. The number of nitrogens with one attached hydrogen (secondary N) is 2. The fourth-order valence-electron chi connectivity index (χ4n) is 4.51. The molecule has 3 aliphatic heterocycles. The number of nitrogens with zero attached hydrogens (tertiary/aromatic N) is 2. The maximum Gasteiger partial charge on any atom is 0.514 e. The number of likely N-dealkylation sites (N-methyl/N-ethyl adjacent to an activating group) is 1. The van der Waals surface area contributed by atoms with E-state index in [4.69, 9.17) is 4.74 Å². The van der Waals surface area contributed by atoms with Crippen LogP contribution in [-0.2, 0) is 9.53 Å². The predicted molar refractivity (Wildman–Crippen MR) is 99.4 cm³/mol. The zero-order valence-corrected chi connectivity index (χ0v) is 17.0. The minimum atomic E-state index is -0.763. The lowest BCUT2D eigenvalue weighted by atomic mass is 9.87. The summed E-state index contributed by atoms with van der Waals surface area (Å²) in [6.07, 6.45) is 3.21. The molecule has 0 aromatic heterocycles. The summed E-state index contributed by atoms with van der Waals surface area (Å²) in [5.74, 6) is -0.0866. The summed E-state index contributed by atoms with van der Waals surface area (Å²) in [5, 5.41) is 2.96. The van der Waals surface area contributed by atoms with E-state index in [0.717, 1.165) is 43.8 Å². The largest absolute Gasteiger partial charge is 0.514 e. The summed E-state index contributed by atoms with van der Waals surface area (Å²) in [5.41, 5.74) is -1.23. The molecule has 3 rings (SSSR count). The van der Waals surface area contributed by atoms with E-state index < -0.39 is 11.1 Å². The van der Waals surface area contributed by atoms with Gasteiger partial charge in [0.15, 0.2) is 0 Å². The van der Waals surface area contributed by atoms with Gasteiger partial charge in [0.25, 0.3) is 5.91 Å². The first-order valence-corrected chi connectivity index (χ1v) is 10.1. The summed E-state index contributed by atoms with van der Waals surface area (Å²) in [4.78, 5) is 41.7. The number of likely N-dealkylation sites (tertiary alicyclic amines) is 2. The van der Waals surface area contributed by atoms with Gasteiger partial charge in [-0.15, -0.1) is 0 Å². The average Bonchev–Trinajstić information content (AvgIpc) is 2.83. The van der Waals surface area contributed by atoms with Gasteiger partial charge in [0, 0.05) is 32.0 Å². The molecule has 2 N–H and O–H groups in total. The van der Waals surface area contributed by atoms with Crippen LogP contribution < -0.4 is 10.2 Å². The fourth-order valence-corrected chi connectivity index (χ4v) is 4.51. The van der Waals surface area contributed by atoms with Gasteiger partial charge in [0.1, 0.15) is 11.1 Å². The first-order chi connectivity index (χ1) is 12.6. The van der Waals surface area contributed by atoms with Crippen LogP contribution in [0.15, 0.2) is 0 Å². The second kappa shape index (κ2) is 7.39. The number of quaternary nitrogens is 1. The predicted octanol–water partition coefficient (Wildman–Crippen LogP) is 0.375. The van der Waals surface area contributed by atoms with Crippen LogP contribution in [0.1, 0.15) is 53.4 Å². The molecule has 1 unspecified atom stereocenters. The highest BCUT2D eigenvalue weighted by atomic mass is 16.6. The zero-order chi connectivity index (χ0) is 19.8. The Hall–Kier alpha value is -1.67. The van der Waals surface area contributed by atoms with Crippen LogP contribution in [0.5, 0.6) is 0 Å². The van der Waals surface area contributed by atoms with Crippen LogP contribution in [0.2, 0.25) is 0 Å². The number of amides is 4. The zero-order valence-electron chi connectivity index (χ0n) is 17.0. The molecule has 0 bridgehead atoms. The Balaban J connectivity index is 1.58. The molecule has 0 aliphatic carbocycles. The minimum Gasteiger partial charge on any atom is -0.414 e. The highest BCUT2D eigenvalue weighted by molar-refractivity contribution is 6.07. The molecule has 0 radical (unpaired) electrons. The van der Waals surface area contributed by atoms with Gasteiger partial charge in [-0.3, -0.25) is 14.6 Å². The van der Waals surface area contributed by atoms with Gasteiger partial charge in [-0.1, -0.05) is 0 Å². The van der Waals surface area contributed by atoms with E-state index in [2.05, 4.69) is 10.2 Å². The number of carbonyl (C=O) groups excluding carboxylic acids is 3. The lowest BCUT2D eigenvalue weighted by molar-refractivity contribution is -0.831. The number of urea groups is 1. The normalized spacial score (nSPS) is 32.7. The molecule has 0 aromatic rings. The van der Waals surface area contributed by atoms with Gasteiger partial charge in [0.2, 0.25) is 0 Å². The molecule has 1 spiro atoms. The third-order valence-corrected chi connectivity index (χ3v) is 5.85. The van der Waals surface area contributed by atoms with Crippen molar-refractivity contribution in [1.29, 1.82) is 0 Å². The SMILES string of the molecule is CCN1C(=O)NC2(CCCN(C3CC[NH+](C(=O)OC(C)(C)C)CC3)C2)C1=O. The number of piperidine rings is 2. The number of ether oxygens (including phenoxy) is 1. The second-order valence-electron chi connectivity index (χ2n) is 8.97. The van der Waals surface area contributed by atoms with Crippen molar-refractivity contribution in [2.45, 2.75) is 70.6 Å². The first-order valence-electron chi connectivity index (χ1n) is 10.1. The second-order valence-corrected chi connectivity index (χ2v) is 8.97. The quantitative estimate of drug-likeness (QED) is 0.676. The molecule has 152 valence electrons. The van der Waals surface area contributed by atoms with Gasteiger partial charge in [-0.05, 0) is 47.1 Å². The molecule has 27 heavy (non-hydrogen) atoms. The Kier molecular flexibility index (Phi) is 5.49. The third kappa shape index (κ3) is 4.11. The van der Waals surface area contributed by atoms with Gasteiger partial charge in [-0.25, -0.2) is 9.69 Å². The summed E-state index contributed by atoms with van der Waals surface area (Å²) in [6, 6.07) is 0.0716. The number of imide groups is 1. The summed E-state index contributed by atoms with van der Waals surface area (Å²) in [7, 11) is 0. The molecule has 1 atom stereocenters. The average molecular weight is 381 g/mol. The van der Waals surface area contributed by atoms with Crippen molar-refractivity contribution in [2.24, 2.45) is 0 Å². The van der Waals surface area contributed by atoms with E-state index in [9.17, 15) is 14.4 Å².